The number of amides is 2. The van der Waals surface area contributed by atoms with Crippen molar-refractivity contribution < 1.29 is 9.32 Å². The van der Waals surface area contributed by atoms with Crippen molar-refractivity contribution in [2.75, 3.05) is 5.32 Å². The Bertz CT molecular complexity index is 431. The molecule has 0 aliphatic heterocycles. The van der Waals surface area contributed by atoms with E-state index >= 15 is 0 Å². The van der Waals surface area contributed by atoms with E-state index in [2.05, 4.69) is 10.5 Å². The second-order valence-corrected chi connectivity index (χ2v) is 6.81. The first kappa shape index (κ1) is 15.5. The van der Waals surface area contributed by atoms with Crippen LogP contribution >= 0.6 is 0 Å². The molecule has 0 aliphatic carbocycles. The lowest BCUT2D eigenvalue weighted by atomic mass is 9.97. The van der Waals surface area contributed by atoms with Gasteiger partial charge in [0.05, 0.1) is 0 Å². The van der Waals surface area contributed by atoms with E-state index in [1.807, 2.05) is 53.4 Å². The summed E-state index contributed by atoms with van der Waals surface area (Å²) in [6.45, 7) is 15.7. The third kappa shape index (κ3) is 3.49. The Hall–Kier alpha value is -1.52. The van der Waals surface area contributed by atoms with Crippen molar-refractivity contribution in [1.82, 2.24) is 10.1 Å². The number of anilines is 1. The van der Waals surface area contributed by atoms with Crippen molar-refractivity contribution in [1.29, 1.82) is 0 Å². The summed E-state index contributed by atoms with van der Waals surface area (Å²) in [7, 11) is 0. The molecule has 0 unspecified atom stereocenters. The Morgan fingerprint density at radius 1 is 1.11 bits per heavy atom. The van der Waals surface area contributed by atoms with Gasteiger partial charge in [0.2, 0.25) is 0 Å². The molecule has 1 N–H and O–H groups in total. The van der Waals surface area contributed by atoms with Crippen LogP contribution in [0.15, 0.2) is 4.52 Å². The Morgan fingerprint density at radius 2 is 1.58 bits per heavy atom. The van der Waals surface area contributed by atoms with Gasteiger partial charge in [0.25, 0.3) is 0 Å². The van der Waals surface area contributed by atoms with E-state index in [-0.39, 0.29) is 17.1 Å². The first-order valence-electron chi connectivity index (χ1n) is 6.49. The molecule has 1 aromatic rings. The van der Waals surface area contributed by atoms with E-state index in [1.165, 1.54) is 0 Å². The van der Waals surface area contributed by atoms with Crippen LogP contribution in [-0.2, 0) is 0 Å². The van der Waals surface area contributed by atoms with Crippen LogP contribution in [0.25, 0.3) is 0 Å². The monoisotopic (exact) mass is 267 g/mol. The predicted octanol–water partition coefficient (Wildman–Crippen LogP) is 3.72. The fraction of sp³-hybridized carbons (Fsp3) is 0.714. The number of nitrogens with zero attached hydrogens (tertiary/aromatic N) is 2. The highest BCUT2D eigenvalue weighted by molar-refractivity contribution is 5.91. The number of urea groups is 1. The normalized spacial score (nSPS) is 12.4. The number of hydrogen-bond acceptors (Lipinski definition) is 3. The molecule has 0 aromatic carbocycles. The molecule has 2 amide bonds. The van der Waals surface area contributed by atoms with E-state index in [0.29, 0.717) is 17.1 Å². The zero-order valence-electron chi connectivity index (χ0n) is 13.2. The Balaban J connectivity index is 3.04. The molecule has 0 saturated carbocycles. The maximum Gasteiger partial charge on any atom is 0.322 e. The molecule has 0 bridgehead atoms. The van der Waals surface area contributed by atoms with Crippen LogP contribution < -0.4 is 5.32 Å². The number of rotatable bonds is 1. The molecule has 5 heteroatoms. The summed E-state index contributed by atoms with van der Waals surface area (Å²) in [6, 6.07) is -0.144. The summed E-state index contributed by atoms with van der Waals surface area (Å²) in [5, 5.41) is 6.75. The van der Waals surface area contributed by atoms with Crippen LogP contribution in [-0.4, -0.2) is 27.2 Å². The molecule has 1 aromatic heterocycles. The third-order valence-electron chi connectivity index (χ3n) is 2.81. The average molecular weight is 267 g/mol. The molecule has 0 fully saturated rings. The molecule has 0 saturated heterocycles. The van der Waals surface area contributed by atoms with Gasteiger partial charge >= 0.3 is 6.03 Å². The highest BCUT2D eigenvalue weighted by atomic mass is 16.5. The van der Waals surface area contributed by atoms with Crippen LogP contribution in [0.1, 0.15) is 53.0 Å². The second kappa shape index (κ2) is 4.87. The quantitative estimate of drug-likeness (QED) is 0.843. The molecular weight excluding hydrogens is 242 g/mol. The van der Waals surface area contributed by atoms with E-state index in [9.17, 15) is 4.79 Å². The summed E-state index contributed by atoms with van der Waals surface area (Å²) in [6.07, 6.45) is 0. The lowest BCUT2D eigenvalue weighted by molar-refractivity contribution is 0.0827. The van der Waals surface area contributed by atoms with Gasteiger partial charge in [0.15, 0.2) is 5.76 Å². The lowest BCUT2D eigenvalue weighted by Gasteiger charge is -2.45. The van der Waals surface area contributed by atoms with Crippen molar-refractivity contribution in [3.05, 3.63) is 11.5 Å². The summed E-state index contributed by atoms with van der Waals surface area (Å²) in [5.74, 6) is 0.619. The largest absolute Gasteiger partial charge is 0.359 e. The molecule has 0 aliphatic rings. The van der Waals surface area contributed by atoms with Crippen LogP contribution in [0.3, 0.4) is 0 Å². The van der Waals surface area contributed by atoms with Gasteiger partial charge in [-0.05, 0) is 55.4 Å². The SMILES string of the molecule is Cc1noc(C)c1NC(=O)N(C(C)(C)C)C(C)(C)C. The minimum atomic E-state index is -0.276. The van der Waals surface area contributed by atoms with Gasteiger partial charge in [0, 0.05) is 11.1 Å². The average Bonchev–Trinajstić information content (AvgIpc) is 2.44. The van der Waals surface area contributed by atoms with Gasteiger partial charge in [-0.25, -0.2) is 4.79 Å². The number of carbonyl (C=O) groups excluding carboxylic acids is 1. The minimum absolute atomic E-state index is 0.144. The molecule has 0 atom stereocenters. The predicted molar refractivity (Wildman–Crippen MR) is 76.3 cm³/mol. The van der Waals surface area contributed by atoms with Crippen molar-refractivity contribution in [3.8, 4) is 0 Å². The molecule has 108 valence electrons. The number of aromatic nitrogens is 1. The molecule has 0 spiro atoms. The topological polar surface area (TPSA) is 58.4 Å². The summed E-state index contributed by atoms with van der Waals surface area (Å²) in [5.41, 5.74) is 0.792. The molecular formula is C14H25N3O2. The molecule has 5 nitrogen and oxygen atoms in total. The van der Waals surface area contributed by atoms with E-state index in [4.69, 9.17) is 4.52 Å². The van der Waals surface area contributed by atoms with Gasteiger partial charge in [-0.15, -0.1) is 0 Å². The van der Waals surface area contributed by atoms with Crippen LogP contribution in [0, 0.1) is 13.8 Å². The zero-order valence-corrected chi connectivity index (χ0v) is 13.2. The molecule has 0 radical (unpaired) electrons. The molecule has 19 heavy (non-hydrogen) atoms. The van der Waals surface area contributed by atoms with Crippen molar-refractivity contribution in [3.63, 3.8) is 0 Å². The van der Waals surface area contributed by atoms with Crippen LogP contribution in [0.5, 0.6) is 0 Å². The Morgan fingerprint density at radius 3 is 1.89 bits per heavy atom. The highest BCUT2D eigenvalue weighted by Crippen LogP contribution is 2.27. The van der Waals surface area contributed by atoms with Crippen LogP contribution in [0.2, 0.25) is 0 Å². The standard InChI is InChI=1S/C14H25N3O2/c1-9-11(10(2)19-16-9)15-12(18)17(13(3,4)5)14(6,7)8/h1-8H3,(H,15,18). The van der Waals surface area contributed by atoms with Crippen molar-refractivity contribution >= 4 is 11.7 Å². The van der Waals surface area contributed by atoms with Crippen LogP contribution in [0.4, 0.5) is 10.5 Å². The van der Waals surface area contributed by atoms with Gasteiger partial charge in [-0.3, -0.25) is 0 Å². The number of carbonyl (C=O) groups is 1. The summed E-state index contributed by atoms with van der Waals surface area (Å²) < 4.78 is 5.06. The maximum atomic E-state index is 12.6. The number of hydrogen-bond donors (Lipinski definition) is 1. The van der Waals surface area contributed by atoms with Crippen molar-refractivity contribution in [2.45, 2.75) is 66.5 Å². The highest BCUT2D eigenvalue weighted by Gasteiger charge is 2.36. The second-order valence-electron chi connectivity index (χ2n) is 6.81. The fourth-order valence-electron chi connectivity index (χ4n) is 2.44. The van der Waals surface area contributed by atoms with E-state index in [1.54, 1.807) is 6.92 Å². The lowest BCUT2D eigenvalue weighted by Crippen LogP contribution is -2.57. The van der Waals surface area contributed by atoms with E-state index < -0.39 is 0 Å². The minimum Gasteiger partial charge on any atom is -0.359 e. The smallest absolute Gasteiger partial charge is 0.322 e. The zero-order chi connectivity index (χ0) is 15.0. The summed E-state index contributed by atoms with van der Waals surface area (Å²) >= 11 is 0. The third-order valence-corrected chi connectivity index (χ3v) is 2.81. The number of nitrogens with one attached hydrogen (secondary N) is 1. The Labute approximate surface area is 115 Å². The molecule has 1 rings (SSSR count). The molecule has 1 heterocycles. The van der Waals surface area contributed by atoms with Crippen molar-refractivity contribution in [2.24, 2.45) is 0 Å². The Kier molecular flexibility index (Phi) is 3.98. The van der Waals surface area contributed by atoms with Gasteiger partial charge < -0.3 is 14.7 Å². The van der Waals surface area contributed by atoms with Gasteiger partial charge in [-0.1, -0.05) is 5.16 Å². The first-order chi connectivity index (χ1) is 8.44. The van der Waals surface area contributed by atoms with Gasteiger partial charge in [0.1, 0.15) is 11.4 Å². The fourth-order valence-corrected chi connectivity index (χ4v) is 2.44. The van der Waals surface area contributed by atoms with Gasteiger partial charge in [-0.2, -0.15) is 0 Å². The van der Waals surface area contributed by atoms with E-state index in [0.717, 1.165) is 0 Å². The number of aryl methyl sites for hydroxylation is 2. The maximum absolute atomic E-state index is 12.6. The summed E-state index contributed by atoms with van der Waals surface area (Å²) in [4.78, 5) is 14.4. The first-order valence-corrected chi connectivity index (χ1v) is 6.49.